The molecular formula is C9H6F3NS. The molecule has 0 spiro atoms. The number of fused-ring (bicyclic) bond motifs is 1. The van der Waals surface area contributed by atoms with E-state index in [-0.39, 0.29) is 11.1 Å². The third-order valence-corrected chi connectivity index (χ3v) is 2.94. The van der Waals surface area contributed by atoms with Crippen molar-refractivity contribution in [2.24, 2.45) is 0 Å². The smallest absolute Gasteiger partial charge is 0.267 e. The standard InChI is InChI=1S/C9H6F3NS/c10-5-3-6(13)8-4(1-2-14-8)7(5)9(11)12/h1-3,9H,13H2. The molecule has 0 aliphatic heterocycles. The van der Waals surface area contributed by atoms with Gasteiger partial charge in [-0.3, -0.25) is 0 Å². The second-order valence-corrected chi connectivity index (χ2v) is 3.74. The predicted molar refractivity (Wildman–Crippen MR) is 51.2 cm³/mol. The zero-order valence-corrected chi connectivity index (χ0v) is 7.75. The second-order valence-electron chi connectivity index (χ2n) is 2.83. The van der Waals surface area contributed by atoms with Gasteiger partial charge in [-0.05, 0) is 17.5 Å². The predicted octanol–water partition coefficient (Wildman–Crippen LogP) is 3.56. The molecule has 5 heteroatoms. The third kappa shape index (κ3) is 1.24. The molecule has 14 heavy (non-hydrogen) atoms. The van der Waals surface area contributed by atoms with Gasteiger partial charge in [-0.15, -0.1) is 11.3 Å². The molecule has 0 amide bonds. The van der Waals surface area contributed by atoms with Crippen molar-refractivity contribution >= 4 is 27.1 Å². The Balaban J connectivity index is 2.86. The van der Waals surface area contributed by atoms with Crippen molar-refractivity contribution in [1.29, 1.82) is 0 Å². The van der Waals surface area contributed by atoms with Gasteiger partial charge in [0.1, 0.15) is 5.82 Å². The Morgan fingerprint density at radius 1 is 1.36 bits per heavy atom. The number of nitrogens with two attached hydrogens (primary N) is 1. The van der Waals surface area contributed by atoms with Gasteiger partial charge in [0.2, 0.25) is 0 Å². The van der Waals surface area contributed by atoms with E-state index in [1.54, 1.807) is 5.38 Å². The highest BCUT2D eigenvalue weighted by atomic mass is 32.1. The molecule has 2 N–H and O–H groups in total. The number of hydrogen-bond acceptors (Lipinski definition) is 2. The lowest BCUT2D eigenvalue weighted by Crippen LogP contribution is -1.95. The summed E-state index contributed by atoms with van der Waals surface area (Å²) in [6.45, 7) is 0. The summed E-state index contributed by atoms with van der Waals surface area (Å²) in [7, 11) is 0. The molecule has 1 aromatic heterocycles. The van der Waals surface area contributed by atoms with Crippen LogP contribution in [-0.2, 0) is 0 Å². The van der Waals surface area contributed by atoms with Crippen LogP contribution >= 0.6 is 11.3 Å². The number of thiophene rings is 1. The molecule has 1 heterocycles. The molecule has 0 atom stereocenters. The topological polar surface area (TPSA) is 26.0 Å². The number of halogens is 3. The van der Waals surface area contributed by atoms with E-state index in [0.29, 0.717) is 4.70 Å². The summed E-state index contributed by atoms with van der Waals surface area (Å²) in [5.74, 6) is -0.941. The lowest BCUT2D eigenvalue weighted by Gasteiger charge is -2.05. The molecule has 0 saturated heterocycles. The van der Waals surface area contributed by atoms with Crippen LogP contribution in [0, 0.1) is 5.82 Å². The van der Waals surface area contributed by atoms with E-state index in [1.807, 2.05) is 0 Å². The monoisotopic (exact) mass is 217 g/mol. The van der Waals surface area contributed by atoms with Gasteiger partial charge in [0.15, 0.2) is 0 Å². The molecule has 2 rings (SSSR count). The van der Waals surface area contributed by atoms with Gasteiger partial charge >= 0.3 is 0 Å². The molecule has 74 valence electrons. The van der Waals surface area contributed by atoms with E-state index in [1.165, 1.54) is 17.4 Å². The zero-order chi connectivity index (χ0) is 10.3. The first-order valence-corrected chi connectivity index (χ1v) is 4.72. The minimum atomic E-state index is -2.81. The Bertz CT molecular complexity index is 478. The number of hydrogen-bond donors (Lipinski definition) is 1. The van der Waals surface area contributed by atoms with Crippen molar-refractivity contribution in [1.82, 2.24) is 0 Å². The van der Waals surface area contributed by atoms with Gasteiger partial charge in [-0.25, -0.2) is 13.2 Å². The van der Waals surface area contributed by atoms with E-state index in [2.05, 4.69) is 0 Å². The number of alkyl halides is 2. The number of nitrogen functional groups attached to an aromatic ring is 1. The lowest BCUT2D eigenvalue weighted by atomic mass is 10.1. The first-order valence-electron chi connectivity index (χ1n) is 3.84. The van der Waals surface area contributed by atoms with Crippen LogP contribution in [0.3, 0.4) is 0 Å². The lowest BCUT2D eigenvalue weighted by molar-refractivity contribution is 0.148. The molecule has 0 fully saturated rings. The molecule has 1 aromatic carbocycles. The SMILES string of the molecule is Nc1cc(F)c(C(F)F)c2ccsc12. The molecule has 0 aliphatic rings. The minimum absolute atomic E-state index is 0.205. The van der Waals surface area contributed by atoms with Gasteiger partial charge < -0.3 is 5.73 Å². The highest BCUT2D eigenvalue weighted by molar-refractivity contribution is 7.17. The van der Waals surface area contributed by atoms with E-state index in [9.17, 15) is 13.2 Å². The van der Waals surface area contributed by atoms with E-state index in [4.69, 9.17) is 5.73 Å². The average molecular weight is 217 g/mol. The fourth-order valence-electron chi connectivity index (χ4n) is 1.38. The van der Waals surface area contributed by atoms with Crippen LogP contribution in [0.15, 0.2) is 17.5 Å². The highest BCUT2D eigenvalue weighted by Gasteiger charge is 2.19. The Morgan fingerprint density at radius 3 is 2.71 bits per heavy atom. The summed E-state index contributed by atoms with van der Waals surface area (Å²) in [6.07, 6.45) is -2.81. The fraction of sp³-hybridized carbons (Fsp3) is 0.111. The molecule has 0 aliphatic carbocycles. The maximum Gasteiger partial charge on any atom is 0.267 e. The van der Waals surface area contributed by atoms with Crippen molar-refractivity contribution in [3.63, 3.8) is 0 Å². The van der Waals surface area contributed by atoms with Crippen LogP contribution in [0.2, 0.25) is 0 Å². The van der Waals surface area contributed by atoms with Gasteiger partial charge in [0.05, 0.1) is 16.0 Å². The maximum atomic E-state index is 13.2. The van der Waals surface area contributed by atoms with Crippen molar-refractivity contribution in [3.8, 4) is 0 Å². The van der Waals surface area contributed by atoms with Crippen LogP contribution in [0.5, 0.6) is 0 Å². The summed E-state index contributed by atoms with van der Waals surface area (Å²) in [5.41, 5.74) is 5.14. The van der Waals surface area contributed by atoms with E-state index >= 15 is 0 Å². The Kier molecular flexibility index (Phi) is 2.11. The van der Waals surface area contributed by atoms with Crippen molar-refractivity contribution in [2.45, 2.75) is 6.43 Å². The third-order valence-electron chi connectivity index (χ3n) is 1.98. The molecule has 0 saturated carbocycles. The molecule has 0 unspecified atom stereocenters. The minimum Gasteiger partial charge on any atom is -0.397 e. The Morgan fingerprint density at radius 2 is 2.07 bits per heavy atom. The summed E-state index contributed by atoms with van der Waals surface area (Å²) in [5, 5.41) is 1.83. The average Bonchev–Trinajstić information content (AvgIpc) is 2.51. The first-order chi connectivity index (χ1) is 6.61. The van der Waals surface area contributed by atoms with Crippen LogP contribution < -0.4 is 5.73 Å². The molecule has 0 bridgehead atoms. The number of benzene rings is 1. The molecule has 2 aromatic rings. The number of anilines is 1. The Hall–Kier alpha value is -1.23. The van der Waals surface area contributed by atoms with Crippen molar-refractivity contribution in [3.05, 3.63) is 28.9 Å². The largest absolute Gasteiger partial charge is 0.397 e. The number of rotatable bonds is 1. The summed E-state index contributed by atoms with van der Waals surface area (Å²) >= 11 is 1.23. The Labute approximate surface area is 82.0 Å². The van der Waals surface area contributed by atoms with Gasteiger partial charge in [0, 0.05) is 5.39 Å². The molecule has 0 radical (unpaired) electrons. The van der Waals surface area contributed by atoms with Crippen LogP contribution in [0.4, 0.5) is 18.9 Å². The van der Waals surface area contributed by atoms with Crippen LogP contribution in [-0.4, -0.2) is 0 Å². The van der Waals surface area contributed by atoms with Crippen LogP contribution in [0.1, 0.15) is 12.0 Å². The van der Waals surface area contributed by atoms with E-state index in [0.717, 1.165) is 6.07 Å². The van der Waals surface area contributed by atoms with Gasteiger partial charge in [-0.2, -0.15) is 0 Å². The quantitative estimate of drug-likeness (QED) is 0.726. The summed E-state index contributed by atoms with van der Waals surface area (Å²) < 4.78 is 38.7. The first kappa shape index (κ1) is 9.33. The zero-order valence-electron chi connectivity index (χ0n) is 6.93. The van der Waals surface area contributed by atoms with E-state index < -0.39 is 17.8 Å². The normalized spacial score (nSPS) is 11.4. The van der Waals surface area contributed by atoms with Crippen molar-refractivity contribution in [2.75, 3.05) is 5.73 Å². The second kappa shape index (κ2) is 3.16. The van der Waals surface area contributed by atoms with Gasteiger partial charge in [-0.1, -0.05) is 0 Å². The summed E-state index contributed by atoms with van der Waals surface area (Å²) in [6, 6.07) is 2.40. The maximum absolute atomic E-state index is 13.2. The van der Waals surface area contributed by atoms with Gasteiger partial charge in [0.25, 0.3) is 6.43 Å². The summed E-state index contributed by atoms with van der Waals surface area (Å²) in [4.78, 5) is 0. The van der Waals surface area contributed by atoms with Crippen LogP contribution in [0.25, 0.3) is 10.1 Å². The molecular weight excluding hydrogens is 211 g/mol. The van der Waals surface area contributed by atoms with Crippen molar-refractivity contribution < 1.29 is 13.2 Å². The molecule has 1 nitrogen and oxygen atoms in total. The highest BCUT2D eigenvalue weighted by Crippen LogP contribution is 2.36. The fourth-order valence-corrected chi connectivity index (χ4v) is 2.22.